The molecule has 1 aromatic rings. The predicted octanol–water partition coefficient (Wildman–Crippen LogP) is 2.36. The fourth-order valence-corrected chi connectivity index (χ4v) is 2.82. The van der Waals surface area contributed by atoms with Crippen LogP contribution in [0.2, 0.25) is 0 Å². The predicted molar refractivity (Wildman–Crippen MR) is 82.1 cm³/mol. The molecule has 1 N–H and O–H groups in total. The van der Waals surface area contributed by atoms with Crippen LogP contribution in [0, 0.1) is 0 Å². The molecule has 21 heavy (non-hydrogen) atoms. The van der Waals surface area contributed by atoms with Crippen molar-refractivity contribution in [3.8, 4) is 11.5 Å². The first-order valence-corrected chi connectivity index (χ1v) is 8.65. The summed E-state index contributed by atoms with van der Waals surface area (Å²) in [6.07, 6.45) is 0. The second-order valence-corrected chi connectivity index (χ2v) is 8.09. The summed E-state index contributed by atoms with van der Waals surface area (Å²) in [5, 5.41) is 8.50. The van der Waals surface area contributed by atoms with Gasteiger partial charge in [0.1, 0.15) is 6.61 Å². The van der Waals surface area contributed by atoms with Crippen LogP contribution in [0.5, 0.6) is 11.5 Å². The third kappa shape index (κ3) is 4.60. The Morgan fingerprint density at radius 2 is 2.00 bits per heavy atom. The Balaban J connectivity index is 2.92. The average molecular weight is 381 g/mol. The zero-order valence-electron chi connectivity index (χ0n) is 11.9. The van der Waals surface area contributed by atoms with Crippen molar-refractivity contribution < 1.29 is 27.8 Å². The molecule has 0 amide bonds. The number of ether oxygens (including phenoxy) is 2. The fraction of sp³-hybridized carbons (Fsp3) is 0.462. The molecule has 0 aliphatic heterocycles. The summed E-state index contributed by atoms with van der Waals surface area (Å²) < 4.78 is 34.3. The van der Waals surface area contributed by atoms with E-state index in [0.29, 0.717) is 4.47 Å². The lowest BCUT2D eigenvalue weighted by molar-refractivity contribution is 0.0696. The molecule has 0 heterocycles. The van der Waals surface area contributed by atoms with E-state index in [0.717, 1.165) is 0 Å². The molecule has 0 aliphatic rings. The SMILES string of the molecule is COc1cc(C(=O)O)cc(Br)c1OCCS(=O)(=O)C(C)C. The lowest BCUT2D eigenvalue weighted by atomic mass is 10.2. The van der Waals surface area contributed by atoms with Crippen molar-refractivity contribution in [3.63, 3.8) is 0 Å². The summed E-state index contributed by atoms with van der Waals surface area (Å²) in [6.45, 7) is 3.17. The maximum Gasteiger partial charge on any atom is 0.335 e. The number of carboxylic acid groups (broad SMARTS) is 1. The summed E-state index contributed by atoms with van der Waals surface area (Å²) >= 11 is 3.20. The van der Waals surface area contributed by atoms with Crippen molar-refractivity contribution in [1.82, 2.24) is 0 Å². The van der Waals surface area contributed by atoms with Crippen LogP contribution < -0.4 is 9.47 Å². The molecule has 0 unspecified atom stereocenters. The number of methoxy groups -OCH3 is 1. The summed E-state index contributed by atoms with van der Waals surface area (Å²) in [4.78, 5) is 11.0. The van der Waals surface area contributed by atoms with Crippen molar-refractivity contribution >= 4 is 31.7 Å². The maximum absolute atomic E-state index is 11.7. The van der Waals surface area contributed by atoms with Crippen molar-refractivity contribution in [2.75, 3.05) is 19.5 Å². The number of aromatic carboxylic acids is 1. The maximum atomic E-state index is 11.7. The number of benzene rings is 1. The van der Waals surface area contributed by atoms with E-state index in [1.54, 1.807) is 13.8 Å². The Morgan fingerprint density at radius 3 is 2.48 bits per heavy atom. The number of carboxylic acids is 1. The molecule has 0 saturated carbocycles. The second kappa shape index (κ2) is 7.13. The van der Waals surface area contributed by atoms with Gasteiger partial charge in [-0.2, -0.15) is 0 Å². The minimum Gasteiger partial charge on any atom is -0.493 e. The topological polar surface area (TPSA) is 89.9 Å². The molecule has 0 aromatic heterocycles. The molecule has 8 heteroatoms. The first-order valence-electron chi connectivity index (χ1n) is 6.14. The molecule has 1 rings (SSSR count). The second-order valence-electron chi connectivity index (χ2n) is 4.56. The summed E-state index contributed by atoms with van der Waals surface area (Å²) in [7, 11) is -1.82. The van der Waals surface area contributed by atoms with Crippen molar-refractivity contribution in [1.29, 1.82) is 0 Å². The first kappa shape index (κ1) is 17.8. The minimum atomic E-state index is -3.20. The van der Waals surface area contributed by atoms with Crippen LogP contribution in [0.25, 0.3) is 0 Å². The summed E-state index contributed by atoms with van der Waals surface area (Å²) in [5.41, 5.74) is 0.0425. The lowest BCUT2D eigenvalue weighted by Crippen LogP contribution is -2.22. The Labute approximate surface area is 132 Å². The lowest BCUT2D eigenvalue weighted by Gasteiger charge is -2.14. The van der Waals surface area contributed by atoms with Gasteiger partial charge < -0.3 is 14.6 Å². The van der Waals surface area contributed by atoms with Crippen LogP contribution in [-0.2, 0) is 9.84 Å². The monoisotopic (exact) mass is 380 g/mol. The largest absolute Gasteiger partial charge is 0.493 e. The van der Waals surface area contributed by atoms with Crippen molar-refractivity contribution in [3.05, 3.63) is 22.2 Å². The quantitative estimate of drug-likeness (QED) is 0.780. The van der Waals surface area contributed by atoms with E-state index in [2.05, 4.69) is 15.9 Å². The summed E-state index contributed by atoms with van der Waals surface area (Å²) in [6, 6.07) is 2.69. The molecule has 6 nitrogen and oxygen atoms in total. The van der Waals surface area contributed by atoms with Gasteiger partial charge in [0.25, 0.3) is 0 Å². The third-order valence-corrected chi connectivity index (χ3v) is 5.57. The van der Waals surface area contributed by atoms with E-state index in [4.69, 9.17) is 14.6 Å². The molecule has 0 bridgehead atoms. The highest BCUT2D eigenvalue weighted by atomic mass is 79.9. The van der Waals surface area contributed by atoms with E-state index in [-0.39, 0.29) is 29.4 Å². The molecule has 0 saturated heterocycles. The number of halogens is 1. The molecule has 118 valence electrons. The van der Waals surface area contributed by atoms with Gasteiger partial charge in [0.15, 0.2) is 21.3 Å². The van der Waals surface area contributed by atoms with Crippen LogP contribution in [0.1, 0.15) is 24.2 Å². The number of hydrogen-bond acceptors (Lipinski definition) is 5. The molecule has 0 aliphatic carbocycles. The van der Waals surface area contributed by atoms with Gasteiger partial charge in [-0.15, -0.1) is 0 Å². The van der Waals surface area contributed by atoms with Crippen LogP contribution in [0.3, 0.4) is 0 Å². The van der Waals surface area contributed by atoms with Gasteiger partial charge in [-0.25, -0.2) is 13.2 Å². The number of carbonyl (C=O) groups is 1. The van der Waals surface area contributed by atoms with Crippen molar-refractivity contribution in [2.45, 2.75) is 19.1 Å². The highest BCUT2D eigenvalue weighted by Crippen LogP contribution is 2.36. The number of sulfone groups is 1. The average Bonchev–Trinajstić information content (AvgIpc) is 2.39. The molecule has 0 atom stereocenters. The van der Waals surface area contributed by atoms with E-state index in [1.165, 1.54) is 19.2 Å². The Hall–Kier alpha value is -1.28. The molecule has 0 fully saturated rings. The fourth-order valence-electron chi connectivity index (χ4n) is 1.48. The van der Waals surface area contributed by atoms with E-state index < -0.39 is 21.1 Å². The van der Waals surface area contributed by atoms with Gasteiger partial charge in [0.05, 0.1) is 28.1 Å². The van der Waals surface area contributed by atoms with Crippen LogP contribution >= 0.6 is 15.9 Å². The zero-order valence-corrected chi connectivity index (χ0v) is 14.3. The van der Waals surface area contributed by atoms with Crippen LogP contribution in [-0.4, -0.2) is 44.2 Å². The van der Waals surface area contributed by atoms with E-state index >= 15 is 0 Å². The first-order chi connectivity index (χ1) is 9.69. The third-order valence-electron chi connectivity index (χ3n) is 2.81. The normalized spacial score (nSPS) is 11.5. The molecular weight excluding hydrogens is 364 g/mol. The van der Waals surface area contributed by atoms with Gasteiger partial charge in [-0.05, 0) is 41.9 Å². The van der Waals surface area contributed by atoms with Gasteiger partial charge in [-0.1, -0.05) is 0 Å². The van der Waals surface area contributed by atoms with E-state index in [9.17, 15) is 13.2 Å². The zero-order chi connectivity index (χ0) is 16.2. The van der Waals surface area contributed by atoms with E-state index in [1.807, 2.05) is 0 Å². The van der Waals surface area contributed by atoms with Crippen LogP contribution in [0.15, 0.2) is 16.6 Å². The van der Waals surface area contributed by atoms with Crippen molar-refractivity contribution in [2.24, 2.45) is 0 Å². The summed E-state index contributed by atoms with van der Waals surface area (Å²) in [5.74, 6) is -0.714. The number of hydrogen-bond donors (Lipinski definition) is 1. The van der Waals surface area contributed by atoms with Gasteiger partial charge in [0, 0.05) is 0 Å². The number of rotatable bonds is 7. The molecule has 0 spiro atoms. The smallest absolute Gasteiger partial charge is 0.335 e. The van der Waals surface area contributed by atoms with Gasteiger partial charge >= 0.3 is 5.97 Å². The standard InChI is InChI=1S/C13H17BrO6S/c1-8(2)21(17,18)5-4-20-12-10(14)6-9(13(15)16)7-11(12)19-3/h6-8H,4-5H2,1-3H3,(H,15,16). The molecular formula is C13H17BrO6S. The Morgan fingerprint density at radius 1 is 1.38 bits per heavy atom. The van der Waals surface area contributed by atoms with Gasteiger partial charge in [-0.3, -0.25) is 0 Å². The molecule has 1 aromatic carbocycles. The van der Waals surface area contributed by atoms with Gasteiger partial charge in [0.2, 0.25) is 0 Å². The molecule has 0 radical (unpaired) electrons. The van der Waals surface area contributed by atoms with Crippen LogP contribution in [0.4, 0.5) is 0 Å². The Kier molecular flexibility index (Phi) is 6.03. The Bertz CT molecular complexity index is 624. The highest BCUT2D eigenvalue weighted by Gasteiger charge is 2.18. The minimum absolute atomic E-state index is 0.0398. The highest BCUT2D eigenvalue weighted by molar-refractivity contribution is 9.10.